The van der Waals surface area contributed by atoms with Gasteiger partial charge in [-0.05, 0) is 93.9 Å². The van der Waals surface area contributed by atoms with E-state index >= 15 is 0 Å². The van der Waals surface area contributed by atoms with Crippen molar-refractivity contribution in [2.75, 3.05) is 24.5 Å². The molecule has 1 aliphatic heterocycles. The molecule has 34 heavy (non-hydrogen) atoms. The molecule has 3 heterocycles. The molecule has 0 spiro atoms. The van der Waals surface area contributed by atoms with Gasteiger partial charge in [-0.3, -0.25) is 4.98 Å². The molecule has 6 heteroatoms. The molecule has 0 radical (unpaired) electrons. The fourth-order valence-corrected chi connectivity index (χ4v) is 5.53. The van der Waals surface area contributed by atoms with E-state index in [9.17, 15) is 0 Å². The molecule has 5 nitrogen and oxygen atoms in total. The van der Waals surface area contributed by atoms with E-state index in [0.717, 1.165) is 30.4 Å². The van der Waals surface area contributed by atoms with Crippen LogP contribution in [0.15, 0.2) is 54.7 Å². The van der Waals surface area contributed by atoms with Gasteiger partial charge in [-0.25, -0.2) is 0 Å². The third-order valence-corrected chi connectivity index (χ3v) is 7.14. The summed E-state index contributed by atoms with van der Waals surface area (Å²) in [6.45, 7) is 16.2. The van der Waals surface area contributed by atoms with Crippen LogP contribution >= 0.6 is 12.2 Å². The highest BCUT2D eigenvalue weighted by Gasteiger charge is 2.41. The van der Waals surface area contributed by atoms with Crippen molar-refractivity contribution >= 4 is 23.0 Å². The van der Waals surface area contributed by atoms with E-state index in [2.05, 4.69) is 109 Å². The molecule has 3 aromatic rings. The van der Waals surface area contributed by atoms with Gasteiger partial charge in [-0.15, -0.1) is 0 Å². The Kier molecular flexibility index (Phi) is 7.27. The molecule has 1 N–H and O–H groups in total. The minimum absolute atomic E-state index is 0.0199. The van der Waals surface area contributed by atoms with E-state index < -0.39 is 0 Å². The lowest BCUT2D eigenvalue weighted by Gasteiger charge is -2.29. The Labute approximate surface area is 209 Å². The summed E-state index contributed by atoms with van der Waals surface area (Å²) in [4.78, 5) is 9.41. The zero-order valence-corrected chi connectivity index (χ0v) is 22.1. The summed E-state index contributed by atoms with van der Waals surface area (Å²) in [5, 5.41) is 4.39. The monoisotopic (exact) mass is 475 g/mol. The standard InChI is InChI=1S/C28H37N5S/c1-7-31(8-2)22-12-14-23(15-13-22)33-20(5)17-24(21(33)6)27-26(25-11-9-10-16-29-25)30-28(34)32(27)18-19(3)4/h9-17,19,26-27H,7-8,18H2,1-6H3,(H,30,34). The summed E-state index contributed by atoms with van der Waals surface area (Å²) in [7, 11) is 0. The molecule has 0 saturated carbocycles. The van der Waals surface area contributed by atoms with E-state index in [1.54, 1.807) is 0 Å². The number of thiocarbonyl (C=S) groups is 1. The maximum atomic E-state index is 5.83. The third kappa shape index (κ3) is 4.56. The zero-order valence-electron chi connectivity index (χ0n) is 21.2. The number of rotatable bonds is 8. The summed E-state index contributed by atoms with van der Waals surface area (Å²) in [5.74, 6) is 0.501. The molecule has 180 valence electrons. The van der Waals surface area contributed by atoms with Crippen LogP contribution in [0.5, 0.6) is 0 Å². The first-order valence-corrected chi connectivity index (χ1v) is 12.8. The molecule has 1 saturated heterocycles. The smallest absolute Gasteiger partial charge is 0.170 e. The van der Waals surface area contributed by atoms with Gasteiger partial charge in [0.15, 0.2) is 5.11 Å². The topological polar surface area (TPSA) is 36.3 Å². The van der Waals surface area contributed by atoms with E-state index in [1.165, 1.54) is 28.3 Å². The highest BCUT2D eigenvalue weighted by molar-refractivity contribution is 7.80. The van der Waals surface area contributed by atoms with Crippen molar-refractivity contribution in [3.05, 3.63) is 77.4 Å². The number of pyridine rings is 1. The second kappa shape index (κ2) is 10.2. The number of hydrogen-bond donors (Lipinski definition) is 1. The molecule has 2 atom stereocenters. The number of nitrogens with zero attached hydrogens (tertiary/aromatic N) is 4. The van der Waals surface area contributed by atoms with Crippen molar-refractivity contribution < 1.29 is 0 Å². The van der Waals surface area contributed by atoms with Gasteiger partial charge in [-0.2, -0.15) is 0 Å². The SMILES string of the molecule is CCN(CC)c1ccc(-n2c(C)cc(C3C(c4ccccn4)NC(=S)N3CC(C)C)c2C)cc1. The summed E-state index contributed by atoms with van der Waals surface area (Å²) in [5.41, 5.74) is 7.25. The van der Waals surface area contributed by atoms with Gasteiger partial charge in [0.05, 0.1) is 17.8 Å². The fourth-order valence-electron chi connectivity index (χ4n) is 5.22. The molecule has 2 aromatic heterocycles. The number of anilines is 1. The van der Waals surface area contributed by atoms with Crippen LogP contribution < -0.4 is 10.2 Å². The Morgan fingerprint density at radius 3 is 2.35 bits per heavy atom. The lowest BCUT2D eigenvalue weighted by Crippen LogP contribution is -2.33. The predicted molar refractivity (Wildman–Crippen MR) is 146 cm³/mol. The van der Waals surface area contributed by atoms with Crippen LogP contribution in [-0.2, 0) is 0 Å². The Morgan fingerprint density at radius 2 is 1.76 bits per heavy atom. The van der Waals surface area contributed by atoms with E-state index in [0.29, 0.717) is 5.92 Å². The van der Waals surface area contributed by atoms with Gasteiger partial charge in [0, 0.05) is 48.6 Å². The van der Waals surface area contributed by atoms with Crippen molar-refractivity contribution in [3.63, 3.8) is 0 Å². The summed E-state index contributed by atoms with van der Waals surface area (Å²) in [6, 6.07) is 17.5. The lowest BCUT2D eigenvalue weighted by molar-refractivity contribution is 0.287. The van der Waals surface area contributed by atoms with Gasteiger partial charge < -0.3 is 19.7 Å². The zero-order chi connectivity index (χ0) is 24.4. The van der Waals surface area contributed by atoms with E-state index in [4.69, 9.17) is 12.2 Å². The number of nitrogens with one attached hydrogen (secondary N) is 1. The molecule has 1 aliphatic rings. The first-order valence-electron chi connectivity index (χ1n) is 12.4. The first kappa shape index (κ1) is 24.3. The largest absolute Gasteiger partial charge is 0.372 e. The molecule has 0 aliphatic carbocycles. The van der Waals surface area contributed by atoms with Crippen LogP contribution in [0.4, 0.5) is 5.69 Å². The van der Waals surface area contributed by atoms with E-state index in [-0.39, 0.29) is 12.1 Å². The molecule has 0 bridgehead atoms. The molecular weight excluding hydrogens is 438 g/mol. The summed E-state index contributed by atoms with van der Waals surface area (Å²) >= 11 is 5.83. The summed E-state index contributed by atoms with van der Waals surface area (Å²) < 4.78 is 2.37. The number of benzene rings is 1. The number of aromatic nitrogens is 2. The average Bonchev–Trinajstić information content (AvgIpc) is 3.30. The predicted octanol–water partition coefficient (Wildman–Crippen LogP) is 5.96. The Balaban J connectivity index is 1.76. The molecule has 4 rings (SSSR count). The van der Waals surface area contributed by atoms with Crippen LogP contribution in [0.1, 0.15) is 62.4 Å². The maximum absolute atomic E-state index is 5.83. The Morgan fingerprint density at radius 1 is 1.06 bits per heavy atom. The first-order chi connectivity index (χ1) is 16.3. The second-order valence-corrected chi connectivity index (χ2v) is 9.91. The van der Waals surface area contributed by atoms with E-state index in [1.807, 2.05) is 12.3 Å². The van der Waals surface area contributed by atoms with Crippen molar-refractivity contribution in [2.24, 2.45) is 5.92 Å². The van der Waals surface area contributed by atoms with Crippen LogP contribution in [-0.4, -0.2) is 39.2 Å². The van der Waals surface area contributed by atoms with Crippen LogP contribution in [0.3, 0.4) is 0 Å². The van der Waals surface area contributed by atoms with Gasteiger partial charge in [-0.1, -0.05) is 19.9 Å². The number of aryl methyl sites for hydroxylation is 1. The quantitative estimate of drug-likeness (QED) is 0.407. The van der Waals surface area contributed by atoms with Crippen molar-refractivity contribution in [1.29, 1.82) is 0 Å². The van der Waals surface area contributed by atoms with Crippen LogP contribution in [0.2, 0.25) is 0 Å². The Bertz CT molecular complexity index is 1120. The molecule has 2 unspecified atom stereocenters. The highest BCUT2D eigenvalue weighted by Crippen LogP contribution is 2.41. The van der Waals surface area contributed by atoms with Crippen LogP contribution in [0, 0.1) is 19.8 Å². The minimum atomic E-state index is 0.0199. The van der Waals surface area contributed by atoms with Gasteiger partial charge in [0.2, 0.25) is 0 Å². The highest BCUT2D eigenvalue weighted by atomic mass is 32.1. The fraction of sp³-hybridized carbons (Fsp3) is 0.429. The molecule has 1 aromatic carbocycles. The Hall–Kier alpha value is -2.86. The minimum Gasteiger partial charge on any atom is -0.372 e. The maximum Gasteiger partial charge on any atom is 0.170 e. The van der Waals surface area contributed by atoms with Crippen molar-refractivity contribution in [2.45, 2.75) is 53.6 Å². The van der Waals surface area contributed by atoms with Crippen LogP contribution in [0.25, 0.3) is 5.69 Å². The van der Waals surface area contributed by atoms with Gasteiger partial charge >= 0.3 is 0 Å². The van der Waals surface area contributed by atoms with Gasteiger partial charge in [0.1, 0.15) is 0 Å². The summed E-state index contributed by atoms with van der Waals surface area (Å²) in [6.07, 6.45) is 1.86. The number of hydrogen-bond acceptors (Lipinski definition) is 3. The van der Waals surface area contributed by atoms with Crippen molar-refractivity contribution in [3.8, 4) is 5.69 Å². The molecule has 1 fully saturated rings. The lowest BCUT2D eigenvalue weighted by atomic mass is 9.96. The third-order valence-electron chi connectivity index (χ3n) is 6.79. The average molecular weight is 476 g/mol. The normalized spacial score (nSPS) is 18.0. The van der Waals surface area contributed by atoms with Gasteiger partial charge in [0.25, 0.3) is 0 Å². The van der Waals surface area contributed by atoms with Crippen molar-refractivity contribution in [1.82, 2.24) is 19.8 Å². The molecule has 0 amide bonds. The second-order valence-electron chi connectivity index (χ2n) is 9.52. The molecular formula is C28H37N5S.